The van der Waals surface area contributed by atoms with Crippen LogP contribution in [-0.2, 0) is 0 Å². The smallest absolute Gasteiger partial charge is 0.343 e. The number of carbonyl (C=O) groups excluding carboxylic acids is 2. The van der Waals surface area contributed by atoms with Crippen molar-refractivity contribution in [2.45, 2.75) is 6.92 Å². The minimum Gasteiger partial charge on any atom is -0.452 e. The summed E-state index contributed by atoms with van der Waals surface area (Å²) in [5, 5.41) is 0. The van der Waals surface area contributed by atoms with Crippen LogP contribution in [0.25, 0.3) is 17.2 Å². The van der Waals surface area contributed by atoms with Crippen LogP contribution in [0.3, 0.4) is 0 Å². The molecular formula is C29H20O4. The van der Waals surface area contributed by atoms with Crippen LogP contribution in [0.2, 0.25) is 0 Å². The van der Waals surface area contributed by atoms with E-state index in [0.717, 1.165) is 22.3 Å². The fourth-order valence-electron chi connectivity index (χ4n) is 3.64. The Morgan fingerprint density at radius 3 is 2.24 bits per heavy atom. The van der Waals surface area contributed by atoms with Gasteiger partial charge in [-0.2, -0.15) is 0 Å². The first-order valence-corrected chi connectivity index (χ1v) is 10.6. The molecule has 5 rings (SSSR count). The van der Waals surface area contributed by atoms with E-state index in [9.17, 15) is 9.59 Å². The lowest BCUT2D eigenvalue weighted by molar-refractivity contribution is 0.0734. The summed E-state index contributed by atoms with van der Waals surface area (Å²) in [6.45, 7) is 1.95. The molecule has 0 amide bonds. The number of esters is 1. The Hall–Kier alpha value is -4.44. The van der Waals surface area contributed by atoms with E-state index >= 15 is 0 Å². The van der Waals surface area contributed by atoms with Crippen molar-refractivity contribution >= 4 is 17.8 Å². The van der Waals surface area contributed by atoms with Gasteiger partial charge in [0.2, 0.25) is 5.78 Å². The zero-order valence-electron chi connectivity index (χ0n) is 17.9. The Kier molecular flexibility index (Phi) is 5.33. The number of fused-ring (bicyclic) bond motifs is 1. The molecule has 1 heterocycles. The molecule has 0 fully saturated rings. The molecule has 0 radical (unpaired) electrons. The van der Waals surface area contributed by atoms with Gasteiger partial charge in [0.05, 0.1) is 11.1 Å². The molecule has 4 aromatic carbocycles. The van der Waals surface area contributed by atoms with Gasteiger partial charge in [0.25, 0.3) is 0 Å². The highest BCUT2D eigenvalue weighted by Crippen LogP contribution is 2.35. The molecule has 4 heteroatoms. The number of ketones is 1. The number of benzene rings is 4. The Morgan fingerprint density at radius 2 is 1.52 bits per heavy atom. The quantitative estimate of drug-likeness (QED) is 0.210. The van der Waals surface area contributed by atoms with Crippen molar-refractivity contribution < 1.29 is 19.1 Å². The zero-order valence-corrected chi connectivity index (χ0v) is 17.9. The van der Waals surface area contributed by atoms with Crippen molar-refractivity contribution in [2.24, 2.45) is 0 Å². The summed E-state index contributed by atoms with van der Waals surface area (Å²) >= 11 is 0. The maximum atomic E-state index is 12.8. The number of aryl methyl sites for hydroxylation is 1. The number of hydrogen-bond donors (Lipinski definition) is 0. The van der Waals surface area contributed by atoms with Crippen LogP contribution >= 0.6 is 0 Å². The van der Waals surface area contributed by atoms with E-state index < -0.39 is 5.97 Å². The molecule has 0 saturated heterocycles. The van der Waals surface area contributed by atoms with E-state index in [-0.39, 0.29) is 11.5 Å². The first-order valence-electron chi connectivity index (χ1n) is 10.6. The van der Waals surface area contributed by atoms with Crippen LogP contribution in [-0.4, -0.2) is 11.8 Å². The van der Waals surface area contributed by atoms with E-state index in [1.54, 1.807) is 36.4 Å². The lowest BCUT2D eigenvalue weighted by atomic mass is 10.0. The Bertz CT molecular complexity index is 1370. The third kappa shape index (κ3) is 4.32. The van der Waals surface area contributed by atoms with E-state index in [1.807, 2.05) is 61.5 Å². The van der Waals surface area contributed by atoms with Gasteiger partial charge in [0.15, 0.2) is 5.76 Å². The molecule has 0 atom stereocenters. The molecule has 0 saturated carbocycles. The number of Topliss-reactive ketones (excluding diaryl/α,β-unsaturated/α-hetero) is 1. The van der Waals surface area contributed by atoms with E-state index in [0.29, 0.717) is 22.6 Å². The first kappa shape index (κ1) is 20.5. The molecule has 0 aliphatic carbocycles. The van der Waals surface area contributed by atoms with Gasteiger partial charge in [-0.3, -0.25) is 4.79 Å². The lowest BCUT2D eigenvalue weighted by Crippen LogP contribution is -2.08. The number of hydrogen-bond acceptors (Lipinski definition) is 4. The largest absolute Gasteiger partial charge is 0.452 e. The molecule has 0 spiro atoms. The highest BCUT2D eigenvalue weighted by atomic mass is 16.5. The fraction of sp³-hybridized carbons (Fsp3) is 0.0345. The Balaban J connectivity index is 1.33. The number of rotatable bonds is 4. The van der Waals surface area contributed by atoms with Crippen LogP contribution in [0, 0.1) is 6.92 Å². The molecule has 0 unspecified atom stereocenters. The summed E-state index contributed by atoms with van der Waals surface area (Å²) in [6.07, 6.45) is 1.72. The molecule has 4 aromatic rings. The topological polar surface area (TPSA) is 52.6 Å². The molecule has 4 nitrogen and oxygen atoms in total. The summed E-state index contributed by atoms with van der Waals surface area (Å²) < 4.78 is 11.3. The van der Waals surface area contributed by atoms with Gasteiger partial charge in [-0.15, -0.1) is 0 Å². The van der Waals surface area contributed by atoms with Crippen LogP contribution in [0.5, 0.6) is 11.5 Å². The van der Waals surface area contributed by atoms with Gasteiger partial charge >= 0.3 is 5.97 Å². The van der Waals surface area contributed by atoms with E-state index in [1.165, 1.54) is 0 Å². The molecular weight excluding hydrogens is 412 g/mol. The van der Waals surface area contributed by atoms with Crippen molar-refractivity contribution in [1.29, 1.82) is 0 Å². The predicted octanol–water partition coefficient (Wildman–Crippen LogP) is 6.50. The Morgan fingerprint density at radius 1 is 0.818 bits per heavy atom. The van der Waals surface area contributed by atoms with Gasteiger partial charge in [0, 0.05) is 6.07 Å². The predicted molar refractivity (Wildman–Crippen MR) is 127 cm³/mol. The van der Waals surface area contributed by atoms with Crippen molar-refractivity contribution in [3.63, 3.8) is 0 Å². The maximum Gasteiger partial charge on any atom is 0.343 e. The highest BCUT2D eigenvalue weighted by Gasteiger charge is 2.28. The maximum absolute atomic E-state index is 12.8. The average molecular weight is 432 g/mol. The third-order valence-corrected chi connectivity index (χ3v) is 5.45. The second-order valence-electron chi connectivity index (χ2n) is 7.84. The number of allylic oxidation sites excluding steroid dienone is 1. The first-order chi connectivity index (χ1) is 16.1. The fourth-order valence-corrected chi connectivity index (χ4v) is 3.64. The van der Waals surface area contributed by atoms with Crippen molar-refractivity contribution in [1.82, 2.24) is 0 Å². The summed E-state index contributed by atoms with van der Waals surface area (Å²) in [5.74, 6) is 0.267. The molecule has 33 heavy (non-hydrogen) atoms. The monoisotopic (exact) mass is 432 g/mol. The third-order valence-electron chi connectivity index (χ3n) is 5.45. The SMILES string of the molecule is Cc1ccc(C(=O)Oc2ccc3c(c2)O/C(=C\c2ccc(-c4ccccc4)cc2)C3=O)cc1. The minimum atomic E-state index is -0.464. The second-order valence-corrected chi connectivity index (χ2v) is 7.84. The average Bonchev–Trinajstić information content (AvgIpc) is 3.15. The van der Waals surface area contributed by atoms with Crippen LogP contribution in [0.4, 0.5) is 0 Å². The van der Waals surface area contributed by atoms with Crippen molar-refractivity contribution in [3.05, 3.63) is 125 Å². The molecule has 0 N–H and O–H groups in total. The molecule has 0 aromatic heterocycles. The van der Waals surface area contributed by atoms with Gasteiger partial charge in [-0.05, 0) is 54.0 Å². The molecule has 0 bridgehead atoms. The van der Waals surface area contributed by atoms with Gasteiger partial charge in [0.1, 0.15) is 11.5 Å². The number of carbonyl (C=O) groups is 2. The Labute approximate surface area is 191 Å². The van der Waals surface area contributed by atoms with Gasteiger partial charge in [-0.25, -0.2) is 4.79 Å². The van der Waals surface area contributed by atoms with Gasteiger partial charge in [-0.1, -0.05) is 72.3 Å². The van der Waals surface area contributed by atoms with Crippen LogP contribution in [0.1, 0.15) is 31.8 Å². The lowest BCUT2D eigenvalue weighted by Gasteiger charge is -2.06. The van der Waals surface area contributed by atoms with Crippen LogP contribution in [0.15, 0.2) is 103 Å². The number of ether oxygens (including phenoxy) is 2. The molecule has 1 aliphatic rings. The van der Waals surface area contributed by atoms with E-state index in [4.69, 9.17) is 9.47 Å². The normalized spacial score (nSPS) is 13.5. The minimum absolute atomic E-state index is 0.200. The van der Waals surface area contributed by atoms with Gasteiger partial charge < -0.3 is 9.47 Å². The van der Waals surface area contributed by atoms with E-state index in [2.05, 4.69) is 12.1 Å². The summed E-state index contributed by atoms with van der Waals surface area (Å²) in [6, 6.07) is 29.9. The second kappa shape index (κ2) is 8.60. The highest BCUT2D eigenvalue weighted by molar-refractivity contribution is 6.14. The molecule has 1 aliphatic heterocycles. The van der Waals surface area contributed by atoms with Crippen molar-refractivity contribution in [2.75, 3.05) is 0 Å². The van der Waals surface area contributed by atoms with Crippen molar-refractivity contribution in [3.8, 4) is 22.6 Å². The summed E-state index contributed by atoms with van der Waals surface area (Å²) in [4.78, 5) is 25.2. The van der Waals surface area contributed by atoms with Crippen LogP contribution < -0.4 is 9.47 Å². The summed E-state index contributed by atoms with van der Waals surface area (Å²) in [7, 11) is 0. The zero-order chi connectivity index (χ0) is 22.8. The molecule has 160 valence electrons. The standard InChI is InChI=1S/C29H20O4/c1-19-7-11-23(12-8-19)29(31)32-24-15-16-25-26(18-24)33-27(28(25)30)17-20-9-13-22(14-10-20)21-5-3-2-4-6-21/h2-18H,1H3/b27-17-. The summed E-state index contributed by atoms with van der Waals surface area (Å²) in [5.41, 5.74) is 5.04.